The van der Waals surface area contributed by atoms with Gasteiger partial charge in [-0.15, -0.1) is 0 Å². The highest BCUT2D eigenvalue weighted by atomic mass is 32.2. The van der Waals surface area contributed by atoms with Crippen LogP contribution in [0.3, 0.4) is 0 Å². The standard InChI is InChI=1S/C14H19NO3S/c1-2-19(17,18)13-9-5-4-8-12(13)14(16)15-10-6-3-7-11-15/h4-5,8-9H,2-3,6-7,10-11H2,1H3. The molecule has 1 aliphatic heterocycles. The van der Waals surface area contributed by atoms with Gasteiger partial charge in [-0.25, -0.2) is 8.42 Å². The van der Waals surface area contributed by atoms with Crippen molar-refractivity contribution in [2.45, 2.75) is 31.1 Å². The van der Waals surface area contributed by atoms with Gasteiger partial charge in [-0.05, 0) is 31.4 Å². The first-order valence-electron chi connectivity index (χ1n) is 6.67. The molecule has 5 heteroatoms. The van der Waals surface area contributed by atoms with Gasteiger partial charge in [-0.3, -0.25) is 4.79 Å². The lowest BCUT2D eigenvalue weighted by atomic mass is 10.1. The van der Waals surface area contributed by atoms with Crippen molar-refractivity contribution >= 4 is 15.7 Å². The van der Waals surface area contributed by atoms with Gasteiger partial charge in [-0.2, -0.15) is 0 Å². The summed E-state index contributed by atoms with van der Waals surface area (Å²) in [5.41, 5.74) is 0.311. The molecule has 19 heavy (non-hydrogen) atoms. The number of hydrogen-bond donors (Lipinski definition) is 0. The first-order chi connectivity index (χ1) is 9.06. The molecule has 0 atom stereocenters. The largest absolute Gasteiger partial charge is 0.339 e. The molecule has 1 fully saturated rings. The molecular formula is C14H19NO3S. The van der Waals surface area contributed by atoms with Crippen molar-refractivity contribution in [3.05, 3.63) is 29.8 Å². The molecule has 0 aromatic heterocycles. The lowest BCUT2D eigenvalue weighted by molar-refractivity contribution is 0.0720. The molecule has 1 amide bonds. The van der Waals surface area contributed by atoms with Crippen LogP contribution in [0.4, 0.5) is 0 Å². The van der Waals surface area contributed by atoms with Gasteiger partial charge in [0.25, 0.3) is 5.91 Å². The van der Waals surface area contributed by atoms with Crippen LogP contribution in [0.5, 0.6) is 0 Å². The highest BCUT2D eigenvalue weighted by molar-refractivity contribution is 7.91. The third-order valence-electron chi connectivity index (χ3n) is 3.48. The van der Waals surface area contributed by atoms with Crippen molar-refractivity contribution in [1.82, 2.24) is 4.90 Å². The number of rotatable bonds is 3. The minimum absolute atomic E-state index is 0.0112. The second kappa shape index (κ2) is 5.74. The van der Waals surface area contributed by atoms with Gasteiger partial charge in [0.1, 0.15) is 0 Å². The zero-order chi connectivity index (χ0) is 13.9. The van der Waals surface area contributed by atoms with Crippen LogP contribution in [0.2, 0.25) is 0 Å². The summed E-state index contributed by atoms with van der Waals surface area (Å²) in [7, 11) is -3.36. The smallest absolute Gasteiger partial charge is 0.255 e. The lowest BCUT2D eigenvalue weighted by Gasteiger charge is -2.27. The summed E-state index contributed by atoms with van der Waals surface area (Å²) in [6, 6.07) is 6.51. The normalized spacial score (nSPS) is 16.4. The fourth-order valence-corrected chi connectivity index (χ4v) is 3.42. The first kappa shape index (κ1) is 14.1. The molecule has 0 saturated carbocycles. The maximum Gasteiger partial charge on any atom is 0.255 e. The monoisotopic (exact) mass is 281 g/mol. The Hall–Kier alpha value is -1.36. The molecular weight excluding hydrogens is 262 g/mol. The first-order valence-corrected chi connectivity index (χ1v) is 8.32. The topological polar surface area (TPSA) is 54.5 Å². The summed E-state index contributed by atoms with van der Waals surface area (Å²) in [6.45, 7) is 3.04. The van der Waals surface area contributed by atoms with Crippen LogP contribution < -0.4 is 0 Å². The average molecular weight is 281 g/mol. The highest BCUT2D eigenvalue weighted by Gasteiger charge is 2.24. The van der Waals surface area contributed by atoms with Crippen LogP contribution in [-0.4, -0.2) is 38.1 Å². The second-order valence-electron chi connectivity index (χ2n) is 4.75. The number of carbonyl (C=O) groups excluding carboxylic acids is 1. The third-order valence-corrected chi connectivity index (χ3v) is 5.26. The van der Waals surface area contributed by atoms with Crippen molar-refractivity contribution in [3.8, 4) is 0 Å². The van der Waals surface area contributed by atoms with E-state index in [1.165, 1.54) is 6.07 Å². The Morgan fingerprint density at radius 3 is 2.42 bits per heavy atom. The van der Waals surface area contributed by atoms with Crippen LogP contribution in [-0.2, 0) is 9.84 Å². The van der Waals surface area contributed by atoms with Crippen LogP contribution in [0.1, 0.15) is 36.5 Å². The summed E-state index contributed by atoms with van der Waals surface area (Å²) in [4.78, 5) is 14.4. The Labute approximate surface area is 114 Å². The van der Waals surface area contributed by atoms with E-state index in [0.717, 1.165) is 32.4 Å². The van der Waals surface area contributed by atoms with Gasteiger partial charge in [-0.1, -0.05) is 19.1 Å². The quantitative estimate of drug-likeness (QED) is 0.852. The summed E-state index contributed by atoms with van der Waals surface area (Å²) in [6.07, 6.45) is 3.13. The molecule has 2 rings (SSSR count). The van der Waals surface area contributed by atoms with Crippen molar-refractivity contribution < 1.29 is 13.2 Å². The number of amides is 1. The Kier molecular flexibility index (Phi) is 4.24. The molecule has 4 nitrogen and oxygen atoms in total. The molecule has 0 unspecified atom stereocenters. The molecule has 0 aliphatic carbocycles. The van der Waals surface area contributed by atoms with Gasteiger partial charge in [0.2, 0.25) is 0 Å². The molecule has 0 N–H and O–H groups in total. The van der Waals surface area contributed by atoms with Crippen LogP contribution >= 0.6 is 0 Å². The molecule has 1 aliphatic rings. The zero-order valence-electron chi connectivity index (χ0n) is 11.1. The molecule has 1 aromatic rings. The minimum Gasteiger partial charge on any atom is -0.339 e. The van der Waals surface area contributed by atoms with Crippen LogP contribution in [0.25, 0.3) is 0 Å². The minimum atomic E-state index is -3.36. The van der Waals surface area contributed by atoms with E-state index in [1.807, 2.05) is 0 Å². The van der Waals surface area contributed by atoms with Gasteiger partial charge in [0.05, 0.1) is 16.2 Å². The number of likely N-dealkylation sites (tertiary alicyclic amines) is 1. The number of nitrogens with zero attached hydrogens (tertiary/aromatic N) is 1. The number of sulfone groups is 1. The van der Waals surface area contributed by atoms with Gasteiger partial charge >= 0.3 is 0 Å². The zero-order valence-corrected chi connectivity index (χ0v) is 11.9. The van der Waals surface area contributed by atoms with Crippen molar-refractivity contribution in [2.24, 2.45) is 0 Å². The number of benzene rings is 1. The fraction of sp³-hybridized carbons (Fsp3) is 0.500. The number of carbonyl (C=O) groups is 1. The molecule has 0 bridgehead atoms. The predicted octanol–water partition coefficient (Wildman–Crippen LogP) is 2.11. The van der Waals surface area contributed by atoms with E-state index in [0.29, 0.717) is 5.56 Å². The van der Waals surface area contributed by atoms with E-state index in [4.69, 9.17) is 0 Å². The molecule has 1 heterocycles. The van der Waals surface area contributed by atoms with E-state index < -0.39 is 9.84 Å². The Morgan fingerprint density at radius 1 is 1.16 bits per heavy atom. The van der Waals surface area contributed by atoms with E-state index >= 15 is 0 Å². The lowest BCUT2D eigenvalue weighted by Crippen LogP contribution is -2.36. The van der Waals surface area contributed by atoms with Crippen LogP contribution in [0.15, 0.2) is 29.2 Å². The maximum atomic E-state index is 12.4. The SMILES string of the molecule is CCS(=O)(=O)c1ccccc1C(=O)N1CCCCC1. The molecule has 104 valence electrons. The van der Waals surface area contributed by atoms with E-state index in [1.54, 1.807) is 30.0 Å². The Balaban J connectivity index is 2.37. The number of hydrogen-bond acceptors (Lipinski definition) is 3. The van der Waals surface area contributed by atoms with Crippen LogP contribution in [0, 0.1) is 0 Å². The molecule has 0 radical (unpaired) electrons. The van der Waals surface area contributed by atoms with Gasteiger partial charge in [0.15, 0.2) is 9.84 Å². The summed E-state index contributed by atoms with van der Waals surface area (Å²) in [5, 5.41) is 0. The average Bonchev–Trinajstić information content (AvgIpc) is 2.47. The maximum absolute atomic E-state index is 12.4. The summed E-state index contributed by atoms with van der Waals surface area (Å²) < 4.78 is 24.1. The molecule has 1 saturated heterocycles. The number of piperidine rings is 1. The second-order valence-corrected chi connectivity index (χ2v) is 7.00. The van der Waals surface area contributed by atoms with E-state index in [9.17, 15) is 13.2 Å². The Bertz CT molecular complexity index is 560. The Morgan fingerprint density at radius 2 is 1.79 bits per heavy atom. The van der Waals surface area contributed by atoms with Crippen molar-refractivity contribution in [1.29, 1.82) is 0 Å². The summed E-state index contributed by atoms with van der Waals surface area (Å²) in [5.74, 6) is -0.149. The molecule has 0 spiro atoms. The molecule has 1 aromatic carbocycles. The fourth-order valence-electron chi connectivity index (χ4n) is 2.34. The summed E-state index contributed by atoms with van der Waals surface area (Å²) >= 11 is 0. The van der Waals surface area contributed by atoms with Crippen molar-refractivity contribution in [3.63, 3.8) is 0 Å². The van der Waals surface area contributed by atoms with E-state index in [-0.39, 0.29) is 16.6 Å². The van der Waals surface area contributed by atoms with Crippen molar-refractivity contribution in [2.75, 3.05) is 18.8 Å². The van der Waals surface area contributed by atoms with Gasteiger partial charge < -0.3 is 4.90 Å². The highest BCUT2D eigenvalue weighted by Crippen LogP contribution is 2.20. The third kappa shape index (κ3) is 2.97. The van der Waals surface area contributed by atoms with E-state index in [2.05, 4.69) is 0 Å². The van der Waals surface area contributed by atoms with Gasteiger partial charge in [0, 0.05) is 13.1 Å². The predicted molar refractivity (Wildman–Crippen MR) is 73.9 cm³/mol.